The second-order valence-corrected chi connectivity index (χ2v) is 11.4. The molecule has 3 aliphatic rings. The van der Waals surface area contributed by atoms with Gasteiger partial charge in [0.1, 0.15) is 6.04 Å². The molecule has 4 atom stereocenters. The zero-order chi connectivity index (χ0) is 12.1. The average molecular weight is 252 g/mol. The van der Waals surface area contributed by atoms with Crippen LogP contribution in [0.15, 0.2) is 10.2 Å². The molecule has 3 nitrogen and oxygen atoms in total. The van der Waals surface area contributed by atoms with E-state index >= 15 is 0 Å². The Labute approximate surface area is 105 Å². The highest BCUT2D eigenvalue weighted by Crippen LogP contribution is 2.54. The minimum atomic E-state index is -1.50. The molecule has 0 radical (unpaired) electrons. The Bertz CT molecular complexity index is 339. The van der Waals surface area contributed by atoms with Crippen molar-refractivity contribution in [3.05, 3.63) is 0 Å². The number of hydrogen-bond donors (Lipinski definition) is 0. The summed E-state index contributed by atoms with van der Waals surface area (Å²) in [5.41, 5.74) is 0.0768. The Balaban J connectivity index is 1.92. The van der Waals surface area contributed by atoms with Crippen LogP contribution in [0.3, 0.4) is 0 Å². The Morgan fingerprint density at radius 2 is 2.06 bits per heavy atom. The van der Waals surface area contributed by atoms with Gasteiger partial charge in [0.2, 0.25) is 0 Å². The summed E-state index contributed by atoms with van der Waals surface area (Å²) in [5.74, 6) is 1.45. The summed E-state index contributed by atoms with van der Waals surface area (Å²) in [4.78, 5) is 0. The van der Waals surface area contributed by atoms with Crippen molar-refractivity contribution in [3.63, 3.8) is 0 Å². The minimum absolute atomic E-state index is 0.0768. The van der Waals surface area contributed by atoms with Crippen molar-refractivity contribution >= 4 is 8.32 Å². The van der Waals surface area contributed by atoms with Crippen molar-refractivity contribution in [2.45, 2.75) is 63.4 Å². The van der Waals surface area contributed by atoms with Gasteiger partial charge in [-0.1, -0.05) is 12.8 Å². The first kappa shape index (κ1) is 11.8. The smallest absolute Gasteiger partial charge is 0.184 e. The third-order valence-electron chi connectivity index (χ3n) is 4.61. The van der Waals surface area contributed by atoms with E-state index < -0.39 is 8.32 Å². The van der Waals surface area contributed by atoms with Crippen LogP contribution in [-0.4, -0.2) is 26.5 Å². The van der Waals surface area contributed by atoms with Crippen LogP contribution in [0, 0.1) is 11.8 Å². The van der Waals surface area contributed by atoms with Crippen molar-refractivity contribution in [1.82, 2.24) is 0 Å². The van der Waals surface area contributed by atoms with E-state index in [1.807, 2.05) is 0 Å². The van der Waals surface area contributed by atoms with E-state index in [0.717, 1.165) is 12.5 Å². The molecule has 1 heterocycles. The van der Waals surface area contributed by atoms with Crippen molar-refractivity contribution in [2.24, 2.45) is 22.1 Å². The molecular formula is C13H24N2OSi. The van der Waals surface area contributed by atoms with Crippen LogP contribution in [0.2, 0.25) is 19.6 Å². The third-order valence-corrected chi connectivity index (χ3v) is 5.61. The minimum Gasteiger partial charge on any atom is -0.410 e. The maximum absolute atomic E-state index is 6.69. The van der Waals surface area contributed by atoms with E-state index in [0.29, 0.717) is 12.0 Å². The molecule has 17 heavy (non-hydrogen) atoms. The van der Waals surface area contributed by atoms with E-state index in [1.165, 1.54) is 32.1 Å². The standard InChI is InChI=1S/C13H24N2OSi/c1-17(2,3)16-13-7-5-4-6-11(13)8-10-9-14-15-12(10)13/h10-12H,4-9H2,1-3H3/t10-,11-,12+,13-/m0/s1. The van der Waals surface area contributed by atoms with Gasteiger partial charge in [-0.25, -0.2) is 0 Å². The van der Waals surface area contributed by atoms with Crippen LogP contribution < -0.4 is 0 Å². The van der Waals surface area contributed by atoms with Crippen molar-refractivity contribution < 1.29 is 4.43 Å². The normalized spacial score (nSPS) is 44.8. The lowest BCUT2D eigenvalue weighted by atomic mass is 9.76. The van der Waals surface area contributed by atoms with Gasteiger partial charge in [0.15, 0.2) is 8.32 Å². The molecule has 0 saturated heterocycles. The van der Waals surface area contributed by atoms with Crippen LogP contribution in [-0.2, 0) is 4.43 Å². The summed E-state index contributed by atoms with van der Waals surface area (Å²) in [6.07, 6.45) is 6.59. The molecular weight excluding hydrogens is 228 g/mol. The molecule has 0 aromatic rings. The lowest BCUT2D eigenvalue weighted by Crippen LogP contribution is -2.53. The van der Waals surface area contributed by atoms with Crippen molar-refractivity contribution in [2.75, 3.05) is 6.54 Å². The first-order chi connectivity index (χ1) is 8.01. The maximum Gasteiger partial charge on any atom is 0.184 e. The molecule has 2 saturated carbocycles. The SMILES string of the molecule is C[Si](C)(C)O[C@@]12CCCC[C@H]1C[C@H]1CN=N[C@H]12. The van der Waals surface area contributed by atoms with Gasteiger partial charge in [0.05, 0.1) is 12.1 Å². The molecule has 4 heteroatoms. The van der Waals surface area contributed by atoms with Crippen LogP contribution in [0.1, 0.15) is 32.1 Å². The molecule has 0 bridgehead atoms. The Kier molecular flexibility index (Phi) is 2.71. The van der Waals surface area contributed by atoms with Gasteiger partial charge in [-0.05, 0) is 44.8 Å². The first-order valence-electron chi connectivity index (χ1n) is 7.08. The topological polar surface area (TPSA) is 34.0 Å². The zero-order valence-corrected chi connectivity index (χ0v) is 12.3. The number of rotatable bonds is 2. The Hall–Kier alpha value is -0.223. The van der Waals surface area contributed by atoms with Gasteiger partial charge >= 0.3 is 0 Å². The summed E-state index contributed by atoms with van der Waals surface area (Å²) >= 11 is 0. The third kappa shape index (κ3) is 1.89. The fourth-order valence-corrected chi connectivity index (χ4v) is 5.74. The first-order valence-corrected chi connectivity index (χ1v) is 10.5. The lowest BCUT2D eigenvalue weighted by Gasteiger charge is -2.45. The molecule has 96 valence electrons. The fraction of sp³-hybridized carbons (Fsp3) is 1.00. The molecule has 1 aliphatic heterocycles. The van der Waals surface area contributed by atoms with Crippen LogP contribution in [0.5, 0.6) is 0 Å². The summed E-state index contributed by atoms with van der Waals surface area (Å²) in [5, 5.41) is 8.85. The monoisotopic (exact) mass is 252 g/mol. The van der Waals surface area contributed by atoms with Gasteiger partial charge < -0.3 is 4.43 Å². The maximum atomic E-state index is 6.69. The molecule has 0 aromatic heterocycles. The molecule has 2 aliphatic carbocycles. The van der Waals surface area contributed by atoms with E-state index in [4.69, 9.17) is 4.43 Å². The second kappa shape index (κ2) is 3.89. The summed E-state index contributed by atoms with van der Waals surface area (Å²) < 4.78 is 6.69. The van der Waals surface area contributed by atoms with Crippen LogP contribution in [0.4, 0.5) is 0 Å². The van der Waals surface area contributed by atoms with Gasteiger partial charge in [-0.15, -0.1) is 0 Å². The number of azo groups is 1. The number of nitrogens with zero attached hydrogens (tertiary/aromatic N) is 2. The van der Waals surface area contributed by atoms with Crippen molar-refractivity contribution in [3.8, 4) is 0 Å². The quantitative estimate of drug-likeness (QED) is 0.691. The average Bonchev–Trinajstić information content (AvgIpc) is 2.75. The van der Waals surface area contributed by atoms with E-state index in [1.54, 1.807) is 0 Å². The number of hydrogen-bond acceptors (Lipinski definition) is 3. The second-order valence-electron chi connectivity index (χ2n) is 6.99. The van der Waals surface area contributed by atoms with E-state index in [9.17, 15) is 0 Å². The molecule has 0 aromatic carbocycles. The fourth-order valence-electron chi connectivity index (χ4n) is 4.21. The van der Waals surface area contributed by atoms with Gasteiger partial charge in [-0.2, -0.15) is 10.2 Å². The molecule has 2 fully saturated rings. The van der Waals surface area contributed by atoms with Gasteiger partial charge in [-0.3, -0.25) is 0 Å². The highest BCUT2D eigenvalue weighted by molar-refractivity contribution is 6.69. The molecule has 0 spiro atoms. The van der Waals surface area contributed by atoms with Gasteiger partial charge in [0.25, 0.3) is 0 Å². The molecule has 3 rings (SSSR count). The van der Waals surface area contributed by atoms with E-state index in [-0.39, 0.29) is 5.60 Å². The number of fused-ring (bicyclic) bond motifs is 3. The van der Waals surface area contributed by atoms with Crippen LogP contribution in [0.25, 0.3) is 0 Å². The van der Waals surface area contributed by atoms with Gasteiger partial charge in [0, 0.05) is 5.92 Å². The van der Waals surface area contributed by atoms with Crippen LogP contribution >= 0.6 is 0 Å². The van der Waals surface area contributed by atoms with E-state index in [2.05, 4.69) is 29.9 Å². The highest BCUT2D eigenvalue weighted by Gasteiger charge is 2.59. The Morgan fingerprint density at radius 3 is 2.82 bits per heavy atom. The predicted octanol–water partition coefficient (Wildman–Crippen LogP) is 3.62. The van der Waals surface area contributed by atoms with Crippen molar-refractivity contribution in [1.29, 1.82) is 0 Å². The largest absolute Gasteiger partial charge is 0.410 e. The highest BCUT2D eigenvalue weighted by atomic mass is 28.4. The Morgan fingerprint density at radius 1 is 1.24 bits per heavy atom. The lowest BCUT2D eigenvalue weighted by molar-refractivity contribution is -0.0224. The molecule has 0 N–H and O–H groups in total. The summed E-state index contributed by atoms with van der Waals surface area (Å²) in [6.45, 7) is 7.89. The summed E-state index contributed by atoms with van der Waals surface area (Å²) in [7, 11) is -1.50. The molecule has 0 unspecified atom stereocenters. The predicted molar refractivity (Wildman–Crippen MR) is 70.7 cm³/mol. The zero-order valence-electron chi connectivity index (χ0n) is 11.3. The summed E-state index contributed by atoms with van der Waals surface area (Å²) in [6, 6.07) is 0.388. The molecule has 0 amide bonds.